The summed E-state index contributed by atoms with van der Waals surface area (Å²) in [6.07, 6.45) is 3.43. The van der Waals surface area contributed by atoms with Crippen molar-refractivity contribution in [2.75, 3.05) is 0 Å². The minimum atomic E-state index is -1.47. The van der Waals surface area contributed by atoms with E-state index in [1.807, 2.05) is 126 Å². The molecule has 4 aromatic carbocycles. The number of nitrogens with two attached hydrogens (primary N) is 1. The third-order valence-electron chi connectivity index (χ3n) is 11.0. The molecule has 6 heteroatoms. The molecule has 4 N–H and O–H groups in total. The fourth-order valence-electron chi connectivity index (χ4n) is 8.31. The van der Waals surface area contributed by atoms with Crippen LogP contribution in [0.25, 0.3) is 0 Å². The quantitative estimate of drug-likeness (QED) is 0.0924. The first-order valence-electron chi connectivity index (χ1n) is 19.1. The highest BCUT2D eigenvalue weighted by molar-refractivity contribution is 6.05. The summed E-state index contributed by atoms with van der Waals surface area (Å²) in [6, 6.07) is 38.1. The van der Waals surface area contributed by atoms with Crippen LogP contribution in [0.4, 0.5) is 0 Å². The Balaban J connectivity index is 1.78. The van der Waals surface area contributed by atoms with Crippen LogP contribution in [-0.2, 0) is 35.3 Å². The van der Waals surface area contributed by atoms with Gasteiger partial charge < -0.3 is 20.8 Å². The number of primary amides is 1. The molecule has 2 amide bonds. The first kappa shape index (κ1) is 39.0. The van der Waals surface area contributed by atoms with E-state index in [2.05, 4.69) is 27.7 Å². The van der Waals surface area contributed by atoms with Gasteiger partial charge in [0.05, 0.1) is 23.3 Å². The molecular formula is C46H58N2O4. The molecule has 52 heavy (non-hydrogen) atoms. The first-order chi connectivity index (χ1) is 24.8. The lowest BCUT2D eigenvalue weighted by Gasteiger charge is -2.55. The highest BCUT2D eigenvalue weighted by atomic mass is 16.3. The molecule has 1 fully saturated rings. The van der Waals surface area contributed by atoms with Gasteiger partial charge in [-0.3, -0.25) is 9.59 Å². The van der Waals surface area contributed by atoms with Crippen LogP contribution in [0.3, 0.4) is 0 Å². The number of benzene rings is 4. The lowest BCUT2D eigenvalue weighted by atomic mass is 9.65. The predicted molar refractivity (Wildman–Crippen MR) is 209 cm³/mol. The second-order valence-electron chi connectivity index (χ2n) is 16.2. The SMILES string of the molecule is CC(C)CC(N(C(=O)C1(C(N)=O)CCC1)C(CC(C)C)C(O)(Cc1ccccc1)Cc1ccccc1)C(O)(Cc1ccccc1)Cc1ccccc1. The molecule has 4 aromatic rings. The van der Waals surface area contributed by atoms with Crippen molar-refractivity contribution in [3.63, 3.8) is 0 Å². The van der Waals surface area contributed by atoms with Crippen molar-refractivity contribution >= 4 is 11.8 Å². The Hall–Kier alpha value is -4.26. The van der Waals surface area contributed by atoms with Crippen LogP contribution in [0.5, 0.6) is 0 Å². The van der Waals surface area contributed by atoms with Gasteiger partial charge in [0, 0.05) is 25.7 Å². The predicted octanol–water partition coefficient (Wildman–Crippen LogP) is 7.73. The van der Waals surface area contributed by atoms with Gasteiger partial charge in [-0.1, -0.05) is 155 Å². The second-order valence-corrected chi connectivity index (χ2v) is 16.2. The third-order valence-corrected chi connectivity index (χ3v) is 11.0. The number of carbonyl (C=O) groups excluding carboxylic acids is 2. The van der Waals surface area contributed by atoms with Gasteiger partial charge in [0.1, 0.15) is 5.41 Å². The van der Waals surface area contributed by atoms with E-state index in [1.54, 1.807) is 0 Å². The number of hydrogen-bond donors (Lipinski definition) is 3. The zero-order valence-corrected chi connectivity index (χ0v) is 31.5. The summed E-state index contributed by atoms with van der Waals surface area (Å²) in [7, 11) is 0. The number of hydrogen-bond acceptors (Lipinski definition) is 4. The van der Waals surface area contributed by atoms with Crippen molar-refractivity contribution in [3.8, 4) is 0 Å². The van der Waals surface area contributed by atoms with Gasteiger partial charge in [-0.2, -0.15) is 0 Å². The molecule has 0 aliphatic heterocycles. The van der Waals surface area contributed by atoms with Gasteiger partial charge >= 0.3 is 0 Å². The number of carbonyl (C=O) groups is 2. The van der Waals surface area contributed by atoms with Crippen LogP contribution in [0.15, 0.2) is 121 Å². The summed E-state index contributed by atoms with van der Waals surface area (Å²) in [5, 5.41) is 27.0. The summed E-state index contributed by atoms with van der Waals surface area (Å²) >= 11 is 0. The standard InChI is InChI=1S/C46H58N2O4/c1-34(2)28-40(45(51,30-36-18-9-5-10-19-36)31-37-20-11-6-12-21-37)48(43(50)44(42(47)49)26-17-27-44)41(29-35(3)4)46(52,32-38-22-13-7-14-23-38)33-39-24-15-8-16-25-39/h5-16,18-25,34-35,40-41,51-52H,17,26-33H2,1-4H3,(H2,47,49). The molecule has 2 atom stereocenters. The van der Waals surface area contributed by atoms with Crippen molar-refractivity contribution < 1.29 is 19.8 Å². The van der Waals surface area contributed by atoms with E-state index in [0.29, 0.717) is 32.1 Å². The highest BCUT2D eigenvalue weighted by Crippen LogP contribution is 2.47. The van der Waals surface area contributed by atoms with Crippen LogP contribution in [-0.4, -0.2) is 50.2 Å². The van der Waals surface area contributed by atoms with E-state index in [9.17, 15) is 15.0 Å². The minimum Gasteiger partial charge on any atom is -0.387 e. The fourth-order valence-corrected chi connectivity index (χ4v) is 8.31. The van der Waals surface area contributed by atoms with Gasteiger partial charge in [0.2, 0.25) is 11.8 Å². The van der Waals surface area contributed by atoms with Crippen LogP contribution in [0, 0.1) is 17.3 Å². The topological polar surface area (TPSA) is 104 Å². The summed E-state index contributed by atoms with van der Waals surface area (Å²) in [5.74, 6) is -0.869. The van der Waals surface area contributed by atoms with Crippen molar-refractivity contribution in [1.82, 2.24) is 4.90 Å². The van der Waals surface area contributed by atoms with Crippen LogP contribution < -0.4 is 5.73 Å². The smallest absolute Gasteiger partial charge is 0.238 e. The summed E-state index contributed by atoms with van der Waals surface area (Å²) < 4.78 is 0. The average molecular weight is 703 g/mol. The lowest BCUT2D eigenvalue weighted by Crippen LogP contribution is -2.70. The van der Waals surface area contributed by atoms with E-state index >= 15 is 4.79 Å². The fraction of sp³-hybridized carbons (Fsp3) is 0.435. The van der Waals surface area contributed by atoms with Crippen molar-refractivity contribution in [1.29, 1.82) is 0 Å². The largest absolute Gasteiger partial charge is 0.387 e. The maximum absolute atomic E-state index is 15.6. The molecule has 1 saturated carbocycles. The first-order valence-corrected chi connectivity index (χ1v) is 19.1. The maximum atomic E-state index is 15.6. The average Bonchev–Trinajstić information content (AvgIpc) is 3.08. The summed E-state index contributed by atoms with van der Waals surface area (Å²) in [5.41, 5.74) is 5.61. The molecule has 1 aliphatic carbocycles. The van der Waals surface area contributed by atoms with E-state index < -0.39 is 34.6 Å². The van der Waals surface area contributed by atoms with Crippen molar-refractivity contribution in [2.45, 2.75) is 109 Å². The normalized spacial score (nSPS) is 15.5. The van der Waals surface area contributed by atoms with Gasteiger partial charge in [0.25, 0.3) is 0 Å². The molecular weight excluding hydrogens is 645 g/mol. The molecule has 0 heterocycles. The Morgan fingerprint density at radius 1 is 0.596 bits per heavy atom. The number of nitrogens with zero attached hydrogens (tertiary/aromatic N) is 1. The number of aliphatic hydroxyl groups is 2. The molecule has 5 rings (SSSR count). The van der Waals surface area contributed by atoms with Gasteiger partial charge in [-0.25, -0.2) is 0 Å². The Morgan fingerprint density at radius 2 is 0.885 bits per heavy atom. The van der Waals surface area contributed by atoms with Crippen LogP contribution in [0.1, 0.15) is 82.1 Å². The molecule has 0 aromatic heterocycles. The Kier molecular flexibility index (Phi) is 12.8. The van der Waals surface area contributed by atoms with E-state index in [-0.39, 0.29) is 43.4 Å². The minimum absolute atomic E-state index is 0.0697. The van der Waals surface area contributed by atoms with E-state index in [1.165, 1.54) is 0 Å². The summed E-state index contributed by atoms with van der Waals surface area (Å²) in [4.78, 5) is 30.9. The maximum Gasteiger partial charge on any atom is 0.238 e. The molecule has 0 saturated heterocycles. The molecule has 0 radical (unpaired) electrons. The van der Waals surface area contributed by atoms with Crippen molar-refractivity contribution in [2.24, 2.45) is 23.0 Å². The molecule has 0 spiro atoms. The monoisotopic (exact) mass is 702 g/mol. The van der Waals surface area contributed by atoms with E-state index in [4.69, 9.17) is 5.73 Å². The number of rotatable bonds is 18. The van der Waals surface area contributed by atoms with E-state index in [0.717, 1.165) is 22.3 Å². The molecule has 2 unspecified atom stereocenters. The molecule has 276 valence electrons. The summed E-state index contributed by atoms with van der Waals surface area (Å²) in [6.45, 7) is 8.41. The lowest BCUT2D eigenvalue weighted by molar-refractivity contribution is -0.178. The van der Waals surface area contributed by atoms with Crippen LogP contribution >= 0.6 is 0 Å². The number of amides is 2. The zero-order valence-electron chi connectivity index (χ0n) is 31.5. The third kappa shape index (κ3) is 9.20. The Labute approximate surface area is 311 Å². The Morgan fingerprint density at radius 3 is 1.10 bits per heavy atom. The van der Waals surface area contributed by atoms with Crippen LogP contribution in [0.2, 0.25) is 0 Å². The molecule has 0 bridgehead atoms. The van der Waals surface area contributed by atoms with Gasteiger partial charge in [-0.05, 0) is 59.8 Å². The van der Waals surface area contributed by atoms with Crippen molar-refractivity contribution in [3.05, 3.63) is 144 Å². The Bertz CT molecular complexity index is 1510. The van der Waals surface area contributed by atoms with Gasteiger partial charge in [0.15, 0.2) is 0 Å². The van der Waals surface area contributed by atoms with Gasteiger partial charge in [-0.15, -0.1) is 0 Å². The molecule has 6 nitrogen and oxygen atoms in total. The molecule has 1 aliphatic rings. The highest BCUT2D eigenvalue weighted by Gasteiger charge is 2.58. The second kappa shape index (κ2) is 17.0. The zero-order chi connectivity index (χ0) is 37.4.